The standard InChI is InChI=1S/C26H17NO7S/c28-17-4-9-21(10-5-17)35(32,33)22-11-7-19(8-12-22)34-20-3-1-2-16(14-20)27-25(30)23-13-6-18(29)15-24(23)26(27)31/h1-15,28-29H. The number of phenolic OH excluding ortho intramolecular Hbond substituents is 2. The molecule has 9 heteroatoms. The molecule has 8 nitrogen and oxygen atoms in total. The summed E-state index contributed by atoms with van der Waals surface area (Å²) in [6.07, 6.45) is 0. The number of phenols is 2. The summed E-state index contributed by atoms with van der Waals surface area (Å²) in [5, 5.41) is 19.0. The van der Waals surface area contributed by atoms with Gasteiger partial charge in [0.1, 0.15) is 23.0 Å². The SMILES string of the molecule is O=C1c2ccc(O)cc2C(=O)N1c1cccc(Oc2ccc(S(=O)(=O)c3ccc(O)cc3)cc2)c1. The predicted molar refractivity (Wildman–Crippen MR) is 126 cm³/mol. The summed E-state index contributed by atoms with van der Waals surface area (Å²) >= 11 is 0. The quantitative estimate of drug-likeness (QED) is 0.397. The third kappa shape index (κ3) is 3.98. The van der Waals surface area contributed by atoms with Crippen molar-refractivity contribution in [1.29, 1.82) is 0 Å². The topological polar surface area (TPSA) is 121 Å². The molecule has 0 spiro atoms. The summed E-state index contributed by atoms with van der Waals surface area (Å²) in [5.74, 6) is -0.531. The van der Waals surface area contributed by atoms with Crippen LogP contribution in [0.1, 0.15) is 20.7 Å². The number of rotatable bonds is 5. The monoisotopic (exact) mass is 487 g/mol. The zero-order valence-corrected chi connectivity index (χ0v) is 18.8. The van der Waals surface area contributed by atoms with E-state index in [1.54, 1.807) is 18.2 Å². The molecule has 5 rings (SSSR count). The molecule has 4 aromatic rings. The zero-order valence-electron chi connectivity index (χ0n) is 18.0. The molecule has 0 atom stereocenters. The lowest BCUT2D eigenvalue weighted by Gasteiger charge is -2.15. The second-order valence-corrected chi connectivity index (χ2v) is 9.69. The molecule has 0 saturated carbocycles. The maximum Gasteiger partial charge on any atom is 0.266 e. The molecule has 0 unspecified atom stereocenters. The fraction of sp³-hybridized carbons (Fsp3) is 0. The lowest BCUT2D eigenvalue weighted by atomic mass is 10.1. The van der Waals surface area contributed by atoms with E-state index in [9.17, 15) is 28.2 Å². The van der Waals surface area contributed by atoms with Crippen LogP contribution in [0.5, 0.6) is 23.0 Å². The van der Waals surface area contributed by atoms with Gasteiger partial charge in [0.2, 0.25) is 9.84 Å². The number of benzene rings is 4. The first kappa shape index (κ1) is 22.2. The Labute approximate surface area is 200 Å². The number of fused-ring (bicyclic) bond motifs is 1. The van der Waals surface area contributed by atoms with E-state index in [1.807, 2.05) is 0 Å². The van der Waals surface area contributed by atoms with Gasteiger partial charge in [-0.2, -0.15) is 0 Å². The smallest absolute Gasteiger partial charge is 0.266 e. The first-order valence-corrected chi connectivity index (χ1v) is 11.9. The number of ether oxygens (including phenoxy) is 1. The van der Waals surface area contributed by atoms with Crippen molar-refractivity contribution in [2.75, 3.05) is 4.90 Å². The second-order valence-electron chi connectivity index (χ2n) is 7.74. The van der Waals surface area contributed by atoms with Crippen molar-refractivity contribution in [2.24, 2.45) is 0 Å². The van der Waals surface area contributed by atoms with Crippen LogP contribution in [0, 0.1) is 0 Å². The van der Waals surface area contributed by atoms with Gasteiger partial charge in [-0.15, -0.1) is 0 Å². The van der Waals surface area contributed by atoms with Crippen LogP contribution in [0.3, 0.4) is 0 Å². The number of hydrogen-bond acceptors (Lipinski definition) is 7. The fourth-order valence-corrected chi connectivity index (χ4v) is 4.99. The normalized spacial score (nSPS) is 13.1. The van der Waals surface area contributed by atoms with Crippen LogP contribution < -0.4 is 9.64 Å². The van der Waals surface area contributed by atoms with E-state index < -0.39 is 21.7 Å². The van der Waals surface area contributed by atoms with Crippen LogP contribution in [0.4, 0.5) is 5.69 Å². The number of nitrogens with zero attached hydrogens (tertiary/aromatic N) is 1. The van der Waals surface area contributed by atoms with Crippen LogP contribution in [0.25, 0.3) is 0 Å². The van der Waals surface area contributed by atoms with E-state index in [1.165, 1.54) is 72.8 Å². The molecule has 4 aromatic carbocycles. The van der Waals surface area contributed by atoms with Crippen molar-refractivity contribution in [3.63, 3.8) is 0 Å². The van der Waals surface area contributed by atoms with Crippen molar-refractivity contribution >= 4 is 27.3 Å². The summed E-state index contributed by atoms with van der Waals surface area (Å²) < 4.78 is 31.4. The van der Waals surface area contributed by atoms with Gasteiger partial charge in [-0.05, 0) is 78.9 Å². The highest BCUT2D eigenvalue weighted by Gasteiger charge is 2.37. The minimum atomic E-state index is -3.77. The molecule has 0 radical (unpaired) electrons. The molecule has 174 valence electrons. The summed E-state index contributed by atoms with van der Waals surface area (Å²) in [6, 6.07) is 21.4. The minimum absolute atomic E-state index is 0.0331. The molecule has 2 N–H and O–H groups in total. The maximum atomic E-state index is 12.8. The first-order valence-electron chi connectivity index (χ1n) is 10.4. The van der Waals surface area contributed by atoms with E-state index in [-0.39, 0.29) is 32.4 Å². The highest BCUT2D eigenvalue weighted by Crippen LogP contribution is 2.33. The number of anilines is 1. The van der Waals surface area contributed by atoms with Gasteiger partial charge in [-0.3, -0.25) is 9.59 Å². The second kappa shape index (κ2) is 8.30. The van der Waals surface area contributed by atoms with Crippen LogP contribution in [-0.4, -0.2) is 30.4 Å². The van der Waals surface area contributed by atoms with E-state index in [0.29, 0.717) is 17.2 Å². The van der Waals surface area contributed by atoms with Crippen LogP contribution in [-0.2, 0) is 9.84 Å². The number of hydrogen-bond donors (Lipinski definition) is 2. The van der Waals surface area contributed by atoms with Gasteiger partial charge in [-0.1, -0.05) is 6.07 Å². The molecule has 35 heavy (non-hydrogen) atoms. The lowest BCUT2D eigenvalue weighted by molar-refractivity contribution is 0.0926. The van der Waals surface area contributed by atoms with E-state index in [4.69, 9.17) is 4.74 Å². The number of amides is 2. The Kier molecular flexibility index (Phi) is 5.26. The molecular weight excluding hydrogens is 470 g/mol. The van der Waals surface area contributed by atoms with Gasteiger partial charge in [0.05, 0.1) is 26.6 Å². The van der Waals surface area contributed by atoms with Gasteiger partial charge in [0.15, 0.2) is 0 Å². The van der Waals surface area contributed by atoms with Crippen molar-refractivity contribution in [3.05, 3.63) is 102 Å². The number of carbonyl (C=O) groups excluding carboxylic acids is 2. The average molecular weight is 487 g/mol. The zero-order chi connectivity index (χ0) is 24.7. The Balaban J connectivity index is 1.37. The molecule has 0 bridgehead atoms. The summed E-state index contributed by atoms with van der Waals surface area (Å²) in [4.78, 5) is 26.7. The fourth-order valence-electron chi connectivity index (χ4n) is 3.73. The summed E-state index contributed by atoms with van der Waals surface area (Å²) in [7, 11) is -3.77. The first-order chi connectivity index (χ1) is 16.7. The summed E-state index contributed by atoms with van der Waals surface area (Å²) in [6.45, 7) is 0. The van der Waals surface area contributed by atoms with Crippen molar-refractivity contribution < 1.29 is 33.0 Å². The number of sulfone groups is 1. The number of imide groups is 1. The van der Waals surface area contributed by atoms with E-state index in [2.05, 4.69) is 0 Å². The van der Waals surface area contributed by atoms with Crippen LogP contribution >= 0.6 is 0 Å². The Morgan fingerprint density at radius 2 is 1.23 bits per heavy atom. The van der Waals surface area contributed by atoms with Crippen LogP contribution in [0.15, 0.2) is 101 Å². The average Bonchev–Trinajstić information content (AvgIpc) is 3.09. The van der Waals surface area contributed by atoms with Gasteiger partial charge in [0.25, 0.3) is 11.8 Å². The number of carbonyl (C=O) groups is 2. The lowest BCUT2D eigenvalue weighted by Crippen LogP contribution is -2.29. The molecule has 1 aliphatic rings. The van der Waals surface area contributed by atoms with Crippen molar-refractivity contribution in [2.45, 2.75) is 9.79 Å². The molecule has 0 fully saturated rings. The Hall–Kier alpha value is -4.63. The maximum absolute atomic E-state index is 12.8. The van der Waals surface area contributed by atoms with Gasteiger partial charge in [-0.25, -0.2) is 13.3 Å². The molecule has 1 aliphatic heterocycles. The highest BCUT2D eigenvalue weighted by atomic mass is 32.2. The Morgan fingerprint density at radius 3 is 1.91 bits per heavy atom. The number of aromatic hydroxyl groups is 2. The van der Waals surface area contributed by atoms with Crippen molar-refractivity contribution in [3.8, 4) is 23.0 Å². The largest absolute Gasteiger partial charge is 0.508 e. The van der Waals surface area contributed by atoms with E-state index >= 15 is 0 Å². The predicted octanol–water partition coefficient (Wildman–Crippen LogP) is 4.52. The van der Waals surface area contributed by atoms with Gasteiger partial charge in [0, 0.05) is 6.07 Å². The third-order valence-corrected chi connectivity index (χ3v) is 7.25. The van der Waals surface area contributed by atoms with E-state index in [0.717, 1.165) is 4.90 Å². The highest BCUT2D eigenvalue weighted by molar-refractivity contribution is 7.91. The molecule has 2 amide bonds. The third-order valence-electron chi connectivity index (χ3n) is 5.46. The molecular formula is C26H17NO7S. The molecule has 0 aromatic heterocycles. The van der Waals surface area contributed by atoms with Gasteiger partial charge >= 0.3 is 0 Å². The molecule has 0 saturated heterocycles. The summed E-state index contributed by atoms with van der Waals surface area (Å²) in [5.41, 5.74) is 0.607. The molecule has 1 heterocycles. The Bertz CT molecular complexity index is 1580. The van der Waals surface area contributed by atoms with Crippen molar-refractivity contribution in [1.82, 2.24) is 0 Å². The van der Waals surface area contributed by atoms with Crippen LogP contribution in [0.2, 0.25) is 0 Å². The van der Waals surface area contributed by atoms with Gasteiger partial charge < -0.3 is 14.9 Å². The minimum Gasteiger partial charge on any atom is -0.508 e. The molecule has 0 aliphatic carbocycles. The Morgan fingerprint density at radius 1 is 0.629 bits per heavy atom.